The van der Waals surface area contributed by atoms with Crippen LogP contribution in [0.3, 0.4) is 0 Å². The van der Waals surface area contributed by atoms with Crippen molar-refractivity contribution in [1.82, 2.24) is 10.1 Å². The summed E-state index contributed by atoms with van der Waals surface area (Å²) >= 11 is 0. The van der Waals surface area contributed by atoms with Gasteiger partial charge in [0.05, 0.1) is 0 Å². The smallest absolute Gasteiger partial charge is 0.226 e. The number of hydrogen-bond donors (Lipinski definition) is 0. The molecule has 1 aromatic heterocycles. The van der Waals surface area contributed by atoms with E-state index >= 15 is 0 Å². The maximum absolute atomic E-state index is 4.62. The van der Waals surface area contributed by atoms with E-state index in [4.69, 9.17) is 0 Å². The van der Waals surface area contributed by atoms with Gasteiger partial charge in [0.25, 0.3) is 0 Å². The van der Waals surface area contributed by atoms with Crippen LogP contribution in [-0.4, -0.2) is 10.1 Å². The van der Waals surface area contributed by atoms with Crippen LogP contribution in [0.2, 0.25) is 0 Å². The summed E-state index contributed by atoms with van der Waals surface area (Å²) in [6.45, 7) is 1.97. The average molecular weight is 98.1 g/mol. The van der Waals surface area contributed by atoms with Crippen LogP contribution in [-0.2, 0) is 6.42 Å². The van der Waals surface area contributed by atoms with Crippen LogP contribution in [0.15, 0.2) is 10.9 Å². The Kier molecular flexibility index (Phi) is 1.06. The van der Waals surface area contributed by atoms with E-state index in [-0.39, 0.29) is 0 Å². The van der Waals surface area contributed by atoms with Crippen LogP contribution in [0.25, 0.3) is 0 Å². The highest BCUT2D eigenvalue weighted by Crippen LogP contribution is 1.88. The summed E-state index contributed by atoms with van der Waals surface area (Å²) in [5.41, 5.74) is 0. The molecule has 7 heavy (non-hydrogen) atoms. The van der Waals surface area contributed by atoms with E-state index in [9.17, 15) is 0 Å². The van der Waals surface area contributed by atoms with Gasteiger partial charge in [0.15, 0.2) is 6.33 Å². The number of aromatic nitrogens is 2. The lowest BCUT2D eigenvalue weighted by atomic mass is 10.5. The van der Waals surface area contributed by atoms with Gasteiger partial charge in [0, 0.05) is 6.42 Å². The first kappa shape index (κ1) is 4.30. The predicted molar refractivity (Wildman–Crippen MR) is 23.7 cm³/mol. The molecule has 0 N–H and O–H groups in total. The van der Waals surface area contributed by atoms with Crippen molar-refractivity contribution in [1.29, 1.82) is 0 Å². The Labute approximate surface area is 41.3 Å². The standard InChI is InChI=1S/C4H6N2O/c1-2-4-5-3-6-7-4/h3H,2H2,1H3. The summed E-state index contributed by atoms with van der Waals surface area (Å²) in [6, 6.07) is 0. The van der Waals surface area contributed by atoms with Crippen molar-refractivity contribution in [3.63, 3.8) is 0 Å². The summed E-state index contributed by atoms with van der Waals surface area (Å²) in [5.74, 6) is 0.694. The zero-order chi connectivity index (χ0) is 5.11. The topological polar surface area (TPSA) is 38.9 Å². The Morgan fingerprint density at radius 1 is 1.86 bits per heavy atom. The molecule has 3 heteroatoms. The molecule has 0 aromatic carbocycles. The SMILES string of the molecule is CCc1ncno1. The van der Waals surface area contributed by atoms with Gasteiger partial charge in [0.1, 0.15) is 0 Å². The monoisotopic (exact) mass is 98.0 g/mol. The molecule has 0 saturated heterocycles. The fraction of sp³-hybridized carbons (Fsp3) is 0.500. The lowest BCUT2D eigenvalue weighted by molar-refractivity contribution is 0.381. The van der Waals surface area contributed by atoms with Gasteiger partial charge in [-0.3, -0.25) is 0 Å². The first-order valence-corrected chi connectivity index (χ1v) is 2.19. The van der Waals surface area contributed by atoms with Gasteiger partial charge in [-0.25, -0.2) is 0 Å². The Hall–Kier alpha value is -0.860. The van der Waals surface area contributed by atoms with E-state index in [1.165, 1.54) is 6.33 Å². The number of hydrogen-bond acceptors (Lipinski definition) is 3. The van der Waals surface area contributed by atoms with E-state index in [1.54, 1.807) is 0 Å². The second kappa shape index (κ2) is 1.73. The Balaban J connectivity index is 2.76. The lowest BCUT2D eigenvalue weighted by Gasteiger charge is -1.74. The van der Waals surface area contributed by atoms with Crippen molar-refractivity contribution >= 4 is 0 Å². The zero-order valence-corrected chi connectivity index (χ0v) is 4.09. The summed E-state index contributed by atoms with van der Waals surface area (Å²) < 4.78 is 4.62. The molecular formula is C4H6N2O. The third kappa shape index (κ3) is 0.765. The molecule has 0 bridgehead atoms. The molecule has 3 nitrogen and oxygen atoms in total. The highest BCUT2D eigenvalue weighted by Gasteiger charge is 1.88. The van der Waals surface area contributed by atoms with Crippen molar-refractivity contribution in [2.45, 2.75) is 13.3 Å². The molecule has 0 aliphatic carbocycles. The van der Waals surface area contributed by atoms with Gasteiger partial charge < -0.3 is 4.52 Å². The zero-order valence-electron chi connectivity index (χ0n) is 4.09. The van der Waals surface area contributed by atoms with Crippen LogP contribution in [0.4, 0.5) is 0 Å². The van der Waals surface area contributed by atoms with Gasteiger partial charge in [-0.05, 0) is 0 Å². The fourth-order valence-electron chi connectivity index (χ4n) is 0.352. The third-order valence-electron chi connectivity index (χ3n) is 0.709. The molecule has 0 aliphatic rings. The Bertz CT molecular complexity index is 124. The normalized spacial score (nSPS) is 9.29. The molecule has 0 spiro atoms. The number of rotatable bonds is 1. The molecule has 0 unspecified atom stereocenters. The van der Waals surface area contributed by atoms with E-state index in [0.29, 0.717) is 5.89 Å². The average Bonchev–Trinajstić information content (AvgIpc) is 2.14. The second-order valence-corrected chi connectivity index (χ2v) is 1.19. The van der Waals surface area contributed by atoms with Crippen molar-refractivity contribution in [3.8, 4) is 0 Å². The first-order valence-electron chi connectivity index (χ1n) is 2.19. The van der Waals surface area contributed by atoms with Crippen molar-refractivity contribution in [3.05, 3.63) is 12.2 Å². The molecule has 0 aliphatic heterocycles. The molecule has 1 heterocycles. The van der Waals surface area contributed by atoms with Gasteiger partial charge in [-0.15, -0.1) is 0 Å². The van der Waals surface area contributed by atoms with Crippen LogP contribution in [0, 0.1) is 0 Å². The van der Waals surface area contributed by atoms with Gasteiger partial charge in [0.2, 0.25) is 5.89 Å². The van der Waals surface area contributed by atoms with E-state index < -0.39 is 0 Å². The summed E-state index contributed by atoms with van der Waals surface area (Å²) in [7, 11) is 0. The van der Waals surface area contributed by atoms with Crippen LogP contribution >= 0.6 is 0 Å². The maximum atomic E-state index is 4.62. The number of nitrogens with zero attached hydrogens (tertiary/aromatic N) is 2. The molecule has 0 atom stereocenters. The maximum Gasteiger partial charge on any atom is 0.226 e. The van der Waals surface area contributed by atoms with Crippen LogP contribution in [0.5, 0.6) is 0 Å². The predicted octanol–water partition coefficient (Wildman–Crippen LogP) is 0.632. The Morgan fingerprint density at radius 3 is 3.00 bits per heavy atom. The molecule has 0 saturated carbocycles. The van der Waals surface area contributed by atoms with Gasteiger partial charge >= 0.3 is 0 Å². The van der Waals surface area contributed by atoms with Crippen molar-refractivity contribution in [2.75, 3.05) is 0 Å². The highest BCUT2D eigenvalue weighted by atomic mass is 16.5. The quantitative estimate of drug-likeness (QED) is 0.517. The van der Waals surface area contributed by atoms with Gasteiger partial charge in [-0.2, -0.15) is 4.98 Å². The summed E-state index contributed by atoms with van der Waals surface area (Å²) in [5, 5.41) is 3.41. The van der Waals surface area contributed by atoms with E-state index in [1.807, 2.05) is 6.92 Å². The van der Waals surface area contributed by atoms with Crippen molar-refractivity contribution in [2.24, 2.45) is 0 Å². The summed E-state index contributed by atoms with van der Waals surface area (Å²) in [6.07, 6.45) is 2.22. The van der Waals surface area contributed by atoms with Crippen LogP contribution < -0.4 is 0 Å². The van der Waals surface area contributed by atoms with Crippen LogP contribution in [0.1, 0.15) is 12.8 Å². The minimum atomic E-state index is 0.694. The minimum Gasteiger partial charge on any atom is -0.340 e. The third-order valence-corrected chi connectivity index (χ3v) is 0.709. The fourth-order valence-corrected chi connectivity index (χ4v) is 0.352. The van der Waals surface area contributed by atoms with E-state index in [2.05, 4.69) is 14.7 Å². The lowest BCUT2D eigenvalue weighted by Crippen LogP contribution is -1.73. The van der Waals surface area contributed by atoms with E-state index in [0.717, 1.165) is 6.42 Å². The molecule has 0 radical (unpaired) electrons. The first-order chi connectivity index (χ1) is 3.43. The molecule has 38 valence electrons. The van der Waals surface area contributed by atoms with Crippen molar-refractivity contribution < 1.29 is 4.52 Å². The van der Waals surface area contributed by atoms with Gasteiger partial charge in [-0.1, -0.05) is 12.1 Å². The molecular weight excluding hydrogens is 92.1 g/mol. The summed E-state index contributed by atoms with van der Waals surface area (Å²) in [4.78, 5) is 3.76. The number of aryl methyl sites for hydroxylation is 1. The molecule has 0 amide bonds. The molecule has 1 aromatic rings. The second-order valence-electron chi connectivity index (χ2n) is 1.19. The Morgan fingerprint density at radius 2 is 2.71 bits per heavy atom. The highest BCUT2D eigenvalue weighted by molar-refractivity contribution is 4.69. The molecule has 1 rings (SSSR count). The largest absolute Gasteiger partial charge is 0.340 e. The molecule has 0 fully saturated rings. The minimum absolute atomic E-state index is 0.694.